The Labute approximate surface area is 132 Å². The number of imide groups is 1. The predicted octanol–water partition coefficient (Wildman–Crippen LogP) is -1.21. The van der Waals surface area contributed by atoms with E-state index in [1.54, 1.807) is 11.9 Å². The van der Waals surface area contributed by atoms with Gasteiger partial charge in [-0.1, -0.05) is 11.8 Å². The van der Waals surface area contributed by atoms with Gasteiger partial charge >= 0.3 is 6.03 Å². The highest BCUT2D eigenvalue weighted by Gasteiger charge is 2.48. The smallest absolute Gasteiger partial charge is 0.325 e. The Morgan fingerprint density at radius 2 is 2.23 bits per heavy atom. The molecule has 0 spiro atoms. The fraction of sp³-hybridized carbons (Fsp3) is 0.667. The topological polar surface area (TPSA) is 117 Å². The summed E-state index contributed by atoms with van der Waals surface area (Å²) >= 11 is 1.16. The van der Waals surface area contributed by atoms with E-state index in [1.807, 2.05) is 6.92 Å². The van der Waals surface area contributed by atoms with Gasteiger partial charge in [0.25, 0.3) is 5.91 Å². The number of nitrogens with zero attached hydrogens (tertiary/aromatic N) is 3. The number of aliphatic imine (C=N–C) groups is 1. The number of amidine groups is 1. The maximum absolute atomic E-state index is 12.1. The van der Waals surface area contributed by atoms with Crippen molar-refractivity contribution in [2.24, 2.45) is 10.7 Å². The lowest BCUT2D eigenvalue weighted by Gasteiger charge is -2.36. The Kier molecular flexibility index (Phi) is 5.24. The Morgan fingerprint density at radius 1 is 1.50 bits per heavy atom. The van der Waals surface area contributed by atoms with Gasteiger partial charge in [0.15, 0.2) is 17.4 Å². The maximum Gasteiger partial charge on any atom is 0.325 e. The number of amides is 4. The first-order chi connectivity index (χ1) is 10.5. The number of carbonyl (C=O) groups excluding carboxylic acids is 3. The van der Waals surface area contributed by atoms with Gasteiger partial charge in [0.1, 0.15) is 0 Å². The van der Waals surface area contributed by atoms with Crippen LogP contribution in [0.25, 0.3) is 0 Å². The quantitative estimate of drug-likeness (QED) is 0.591. The Morgan fingerprint density at radius 3 is 2.86 bits per heavy atom. The molecule has 2 rings (SSSR count). The summed E-state index contributed by atoms with van der Waals surface area (Å²) in [6, 6.07) is -1.10. The molecule has 0 aromatic heterocycles. The molecule has 10 heteroatoms. The highest BCUT2D eigenvalue weighted by molar-refractivity contribution is 8.14. The SMILES string of the molecule is CCOCCN1C(SCC(N)=O)=NC2C1C(=O)NC(=O)N2C. The third-order valence-electron chi connectivity index (χ3n) is 3.35. The predicted molar refractivity (Wildman–Crippen MR) is 81.2 cm³/mol. The van der Waals surface area contributed by atoms with E-state index in [0.29, 0.717) is 24.9 Å². The molecule has 1 saturated heterocycles. The van der Waals surface area contributed by atoms with Gasteiger partial charge in [0.05, 0.1) is 12.4 Å². The average molecular weight is 329 g/mol. The molecule has 1 fully saturated rings. The van der Waals surface area contributed by atoms with Crippen molar-refractivity contribution in [3.63, 3.8) is 0 Å². The van der Waals surface area contributed by atoms with E-state index < -0.39 is 30.1 Å². The molecular formula is C12H19N5O4S. The summed E-state index contributed by atoms with van der Waals surface area (Å²) in [5, 5.41) is 2.82. The molecule has 9 nitrogen and oxygen atoms in total. The third kappa shape index (κ3) is 3.33. The zero-order valence-corrected chi connectivity index (χ0v) is 13.3. The first-order valence-electron chi connectivity index (χ1n) is 6.86. The fourth-order valence-corrected chi connectivity index (χ4v) is 3.12. The van der Waals surface area contributed by atoms with Crippen LogP contribution in [0.4, 0.5) is 4.79 Å². The van der Waals surface area contributed by atoms with Crippen molar-refractivity contribution in [1.82, 2.24) is 15.1 Å². The van der Waals surface area contributed by atoms with E-state index in [9.17, 15) is 14.4 Å². The third-order valence-corrected chi connectivity index (χ3v) is 4.37. The summed E-state index contributed by atoms with van der Waals surface area (Å²) in [6.45, 7) is 3.30. The summed E-state index contributed by atoms with van der Waals surface area (Å²) in [5.74, 6) is -0.813. The standard InChI is InChI=1S/C12H19N5O4S/c1-3-21-5-4-17-8-9(14-12(17)22-6-7(13)18)16(2)11(20)15-10(8)19/h8-9H,3-6H2,1-2H3,(H2,13,18)(H,15,19,20). The molecule has 2 heterocycles. The van der Waals surface area contributed by atoms with Gasteiger partial charge in [-0.05, 0) is 6.92 Å². The lowest BCUT2D eigenvalue weighted by atomic mass is 10.1. The molecule has 3 N–H and O–H groups in total. The minimum atomic E-state index is -0.612. The van der Waals surface area contributed by atoms with Crippen molar-refractivity contribution < 1.29 is 19.1 Å². The van der Waals surface area contributed by atoms with Gasteiger partial charge in [0.2, 0.25) is 5.91 Å². The number of thioether (sulfide) groups is 1. The molecule has 0 aliphatic carbocycles. The lowest BCUT2D eigenvalue weighted by molar-refractivity contribution is -0.127. The Balaban J connectivity index is 2.18. The zero-order chi connectivity index (χ0) is 16.3. The highest BCUT2D eigenvalue weighted by Crippen LogP contribution is 2.28. The summed E-state index contributed by atoms with van der Waals surface area (Å²) in [7, 11) is 1.57. The zero-order valence-electron chi connectivity index (χ0n) is 12.4. The number of hydrogen-bond donors (Lipinski definition) is 2. The summed E-state index contributed by atoms with van der Waals surface area (Å²) in [6.07, 6.45) is -0.599. The number of carbonyl (C=O) groups is 3. The monoisotopic (exact) mass is 329 g/mol. The molecule has 4 amide bonds. The molecule has 2 atom stereocenters. The molecule has 0 aromatic carbocycles. The molecular weight excluding hydrogens is 310 g/mol. The maximum atomic E-state index is 12.1. The van der Waals surface area contributed by atoms with Crippen LogP contribution in [0.5, 0.6) is 0 Å². The van der Waals surface area contributed by atoms with Gasteiger partial charge in [-0.2, -0.15) is 0 Å². The van der Waals surface area contributed by atoms with Crippen LogP contribution < -0.4 is 11.1 Å². The number of fused-ring (bicyclic) bond motifs is 1. The minimum Gasteiger partial charge on any atom is -0.380 e. The van der Waals surface area contributed by atoms with Crippen molar-refractivity contribution in [2.45, 2.75) is 19.1 Å². The summed E-state index contributed by atoms with van der Waals surface area (Å²) < 4.78 is 5.32. The number of primary amides is 1. The molecule has 122 valence electrons. The van der Waals surface area contributed by atoms with Crippen molar-refractivity contribution in [3.8, 4) is 0 Å². The molecule has 0 bridgehead atoms. The second kappa shape index (κ2) is 6.97. The van der Waals surface area contributed by atoms with Crippen LogP contribution in [0.3, 0.4) is 0 Å². The van der Waals surface area contributed by atoms with Crippen LogP contribution >= 0.6 is 11.8 Å². The number of hydrogen-bond acceptors (Lipinski definition) is 7. The van der Waals surface area contributed by atoms with Crippen LogP contribution in [-0.4, -0.2) is 77.6 Å². The van der Waals surface area contributed by atoms with E-state index in [2.05, 4.69) is 10.3 Å². The molecule has 2 unspecified atom stereocenters. The van der Waals surface area contributed by atoms with E-state index in [-0.39, 0.29) is 5.75 Å². The van der Waals surface area contributed by atoms with Crippen LogP contribution in [0.15, 0.2) is 4.99 Å². The summed E-state index contributed by atoms with van der Waals surface area (Å²) in [4.78, 5) is 42.3. The molecule has 0 saturated carbocycles. The summed E-state index contributed by atoms with van der Waals surface area (Å²) in [5.41, 5.74) is 5.16. The van der Waals surface area contributed by atoms with Crippen LogP contribution in [0.1, 0.15) is 6.92 Å². The number of likely N-dealkylation sites (N-methyl/N-ethyl adjacent to an activating group) is 1. The van der Waals surface area contributed by atoms with Crippen molar-refractivity contribution in [3.05, 3.63) is 0 Å². The molecule has 2 aliphatic rings. The lowest BCUT2D eigenvalue weighted by Crippen LogP contribution is -2.63. The Bertz CT molecular complexity index is 512. The van der Waals surface area contributed by atoms with Gasteiger partial charge in [-0.15, -0.1) is 0 Å². The minimum absolute atomic E-state index is 0.0582. The number of ether oxygens (including phenoxy) is 1. The first-order valence-corrected chi connectivity index (χ1v) is 7.85. The fourth-order valence-electron chi connectivity index (χ4n) is 2.30. The highest BCUT2D eigenvalue weighted by atomic mass is 32.2. The van der Waals surface area contributed by atoms with Crippen LogP contribution in [-0.2, 0) is 14.3 Å². The Hall–Kier alpha value is -1.81. The van der Waals surface area contributed by atoms with Crippen molar-refractivity contribution in [2.75, 3.05) is 32.6 Å². The van der Waals surface area contributed by atoms with Crippen LogP contribution in [0.2, 0.25) is 0 Å². The second-order valence-corrected chi connectivity index (χ2v) is 5.76. The van der Waals surface area contributed by atoms with Crippen molar-refractivity contribution >= 4 is 34.8 Å². The van der Waals surface area contributed by atoms with E-state index in [4.69, 9.17) is 10.5 Å². The average Bonchev–Trinajstić information content (AvgIpc) is 2.82. The molecule has 0 radical (unpaired) electrons. The van der Waals surface area contributed by atoms with Gasteiger partial charge < -0.3 is 20.3 Å². The van der Waals surface area contributed by atoms with Gasteiger partial charge in [-0.25, -0.2) is 9.79 Å². The molecule has 22 heavy (non-hydrogen) atoms. The largest absolute Gasteiger partial charge is 0.380 e. The van der Waals surface area contributed by atoms with Gasteiger partial charge in [-0.3, -0.25) is 14.9 Å². The van der Waals surface area contributed by atoms with Gasteiger partial charge in [0, 0.05) is 20.2 Å². The number of urea groups is 1. The first kappa shape index (κ1) is 16.6. The van der Waals surface area contributed by atoms with E-state index in [0.717, 1.165) is 11.8 Å². The normalized spacial score (nSPS) is 24.2. The number of nitrogens with two attached hydrogens (primary N) is 1. The van der Waals surface area contributed by atoms with E-state index >= 15 is 0 Å². The molecule has 2 aliphatic heterocycles. The second-order valence-electron chi connectivity index (χ2n) is 4.82. The van der Waals surface area contributed by atoms with Crippen molar-refractivity contribution in [1.29, 1.82) is 0 Å². The molecule has 0 aromatic rings. The number of rotatable bonds is 6. The van der Waals surface area contributed by atoms with E-state index in [1.165, 1.54) is 4.90 Å². The number of nitrogens with one attached hydrogen (secondary N) is 1. The van der Waals surface area contributed by atoms with Crippen LogP contribution in [0, 0.1) is 0 Å².